The van der Waals surface area contributed by atoms with Crippen LogP contribution in [0.25, 0.3) is 0 Å². The summed E-state index contributed by atoms with van der Waals surface area (Å²) in [6, 6.07) is 60.3. The van der Waals surface area contributed by atoms with Gasteiger partial charge in [0.15, 0.2) is 0 Å². The molecule has 0 saturated heterocycles. The fourth-order valence-electron chi connectivity index (χ4n) is 5.65. The van der Waals surface area contributed by atoms with E-state index >= 15 is 0 Å². The van der Waals surface area contributed by atoms with E-state index in [0.717, 1.165) is 17.2 Å². The summed E-state index contributed by atoms with van der Waals surface area (Å²) < 4.78 is 50.7. The van der Waals surface area contributed by atoms with Crippen molar-refractivity contribution in [3.8, 4) is 17.2 Å². The van der Waals surface area contributed by atoms with E-state index < -0.39 is 14.5 Å². The number of hydrogen-bond acceptors (Lipinski definition) is 2. The van der Waals surface area contributed by atoms with Crippen LogP contribution in [0.1, 0.15) is 16.8 Å². The van der Waals surface area contributed by atoms with Crippen molar-refractivity contribution in [3.63, 3.8) is 0 Å². The molecule has 2 nitrogen and oxygen atoms in total. The third kappa shape index (κ3) is 7.85. The van der Waals surface area contributed by atoms with Crippen LogP contribution in [0.5, 0.6) is 17.2 Å². The number of ether oxygens (including phenoxy) is 2. The lowest BCUT2D eigenvalue weighted by molar-refractivity contribution is 0.368. The zero-order valence-corrected chi connectivity index (χ0v) is 26.0. The Hall–Kier alpha value is -4.87. The molecular formula is C38H32BF4O2P. The lowest BCUT2D eigenvalue weighted by atomic mass is 10.0. The Bertz CT molecular complexity index is 1670. The van der Waals surface area contributed by atoms with Gasteiger partial charge in [-0.05, 0) is 83.9 Å². The van der Waals surface area contributed by atoms with E-state index in [9.17, 15) is 17.3 Å². The van der Waals surface area contributed by atoms with Crippen molar-refractivity contribution < 1.29 is 26.7 Å². The second-order valence-electron chi connectivity index (χ2n) is 10.4. The fraction of sp³-hybridized carbons (Fsp3) is 0.0526. The molecule has 0 aliphatic heterocycles. The average molecular weight is 638 g/mol. The largest absolute Gasteiger partial charge is 0.673 e. The summed E-state index contributed by atoms with van der Waals surface area (Å²) in [5, 5.41) is 4.01. The van der Waals surface area contributed by atoms with Gasteiger partial charge < -0.3 is 26.7 Å². The average Bonchev–Trinajstić information content (AvgIpc) is 3.09. The first kappa shape index (κ1) is 32.5. The third-order valence-corrected chi connectivity index (χ3v) is 12.2. The maximum atomic E-state index is 9.75. The molecule has 0 fully saturated rings. The van der Waals surface area contributed by atoms with Crippen molar-refractivity contribution in [2.75, 3.05) is 7.11 Å². The minimum Gasteiger partial charge on any atom is -0.497 e. The van der Waals surface area contributed by atoms with Gasteiger partial charge in [-0.3, -0.25) is 0 Å². The number of benzene rings is 6. The normalized spacial score (nSPS) is 11.9. The molecule has 0 bridgehead atoms. The third-order valence-electron chi connectivity index (χ3n) is 7.48. The second kappa shape index (κ2) is 14.9. The summed E-state index contributed by atoms with van der Waals surface area (Å²) in [7, 11) is -6.58. The number of para-hydroxylation sites is 1. The van der Waals surface area contributed by atoms with Gasteiger partial charge in [-0.15, -0.1) is 0 Å². The molecule has 0 amide bonds. The highest BCUT2D eigenvalue weighted by atomic mass is 31.2. The van der Waals surface area contributed by atoms with E-state index in [1.807, 2.05) is 30.3 Å². The van der Waals surface area contributed by atoms with Crippen molar-refractivity contribution in [1.29, 1.82) is 0 Å². The van der Waals surface area contributed by atoms with Crippen molar-refractivity contribution in [2.45, 2.75) is 5.66 Å². The Morgan fingerprint density at radius 1 is 0.435 bits per heavy atom. The monoisotopic (exact) mass is 638 g/mol. The molecule has 0 saturated carbocycles. The fourth-order valence-corrected chi connectivity index (χ4v) is 10.6. The van der Waals surface area contributed by atoms with E-state index in [-0.39, 0.29) is 5.66 Å². The highest BCUT2D eigenvalue weighted by molar-refractivity contribution is 7.96. The van der Waals surface area contributed by atoms with Gasteiger partial charge in [-0.1, -0.05) is 97.1 Å². The maximum Gasteiger partial charge on any atom is 0.673 e. The molecule has 0 heterocycles. The SMILES string of the molecule is COc1ccc(C(c2ccc(Oc3ccccc3)cc2)[P+](c2ccccc2)(c2ccccc2)c2ccccc2)cc1.F[B-](F)(F)F. The van der Waals surface area contributed by atoms with Crippen molar-refractivity contribution in [2.24, 2.45) is 0 Å². The Morgan fingerprint density at radius 3 is 1.09 bits per heavy atom. The lowest BCUT2D eigenvalue weighted by Crippen LogP contribution is -2.35. The minimum absolute atomic E-state index is 0.0476. The molecule has 0 aliphatic carbocycles. The molecule has 1 unspecified atom stereocenters. The van der Waals surface area contributed by atoms with Gasteiger partial charge in [-0.2, -0.15) is 0 Å². The van der Waals surface area contributed by atoms with Gasteiger partial charge in [-0.25, -0.2) is 0 Å². The van der Waals surface area contributed by atoms with Crippen molar-refractivity contribution in [3.05, 3.63) is 181 Å². The van der Waals surface area contributed by atoms with E-state index in [1.165, 1.54) is 27.0 Å². The molecule has 0 radical (unpaired) electrons. The molecule has 232 valence electrons. The molecule has 0 aliphatic rings. The van der Waals surface area contributed by atoms with Gasteiger partial charge in [0.05, 0.1) is 7.11 Å². The van der Waals surface area contributed by atoms with Crippen LogP contribution in [0, 0.1) is 0 Å². The number of rotatable bonds is 9. The van der Waals surface area contributed by atoms with Crippen LogP contribution >= 0.6 is 7.26 Å². The number of halogens is 4. The lowest BCUT2D eigenvalue weighted by Gasteiger charge is -2.35. The van der Waals surface area contributed by atoms with Crippen molar-refractivity contribution in [1.82, 2.24) is 0 Å². The van der Waals surface area contributed by atoms with E-state index in [0.29, 0.717) is 0 Å². The van der Waals surface area contributed by atoms with Crippen LogP contribution < -0.4 is 25.4 Å². The topological polar surface area (TPSA) is 18.5 Å². The quantitative estimate of drug-likeness (QED) is 0.0892. The van der Waals surface area contributed by atoms with Crippen LogP contribution in [-0.4, -0.2) is 14.4 Å². The van der Waals surface area contributed by atoms with Gasteiger partial charge in [0.1, 0.15) is 46.1 Å². The summed E-state index contributed by atoms with van der Waals surface area (Å²) in [6.07, 6.45) is 0. The Kier molecular flexibility index (Phi) is 10.6. The van der Waals surface area contributed by atoms with Gasteiger partial charge in [0, 0.05) is 0 Å². The van der Waals surface area contributed by atoms with Crippen LogP contribution in [0.3, 0.4) is 0 Å². The summed E-state index contributed by atoms with van der Waals surface area (Å²) in [4.78, 5) is 0. The number of hydrogen-bond donors (Lipinski definition) is 0. The van der Waals surface area contributed by atoms with Crippen molar-refractivity contribution >= 4 is 30.4 Å². The molecule has 6 rings (SSSR count). The summed E-state index contributed by atoms with van der Waals surface area (Å²) >= 11 is 0. The molecular weight excluding hydrogens is 606 g/mol. The maximum absolute atomic E-state index is 9.75. The zero-order valence-electron chi connectivity index (χ0n) is 25.1. The molecule has 0 aromatic heterocycles. The Balaban J connectivity index is 0.000000775. The Morgan fingerprint density at radius 2 is 0.739 bits per heavy atom. The van der Waals surface area contributed by atoms with E-state index in [1.54, 1.807) is 7.11 Å². The molecule has 0 N–H and O–H groups in total. The summed E-state index contributed by atoms with van der Waals surface area (Å²) in [5.41, 5.74) is 2.53. The molecule has 6 aromatic rings. The second-order valence-corrected chi connectivity index (χ2v) is 13.9. The predicted octanol–water partition coefficient (Wildman–Crippen LogP) is 9.87. The molecule has 0 spiro atoms. The smallest absolute Gasteiger partial charge is 0.497 e. The van der Waals surface area contributed by atoms with Crippen LogP contribution in [-0.2, 0) is 0 Å². The first-order valence-corrected chi connectivity index (χ1v) is 16.5. The zero-order chi connectivity index (χ0) is 32.4. The Labute approximate surface area is 267 Å². The highest BCUT2D eigenvalue weighted by Crippen LogP contribution is 2.69. The van der Waals surface area contributed by atoms with E-state index in [4.69, 9.17) is 9.47 Å². The van der Waals surface area contributed by atoms with Crippen LogP contribution in [0.4, 0.5) is 17.3 Å². The van der Waals surface area contributed by atoms with Crippen LogP contribution in [0.15, 0.2) is 170 Å². The first-order valence-electron chi connectivity index (χ1n) is 14.7. The van der Waals surface area contributed by atoms with Gasteiger partial charge in [0.2, 0.25) is 0 Å². The standard InChI is InChI=1S/C38H32O2P.BF4/c1-39-32-26-22-30(23-27-32)38(31-24-28-34(29-25-31)40-33-14-6-2-7-15-33)41(35-16-8-3-9-17-35,36-18-10-4-11-19-36)37-20-12-5-13-21-37;2-1(3,4)5/h2-29,38H,1H3;/q+1;-1. The highest BCUT2D eigenvalue weighted by Gasteiger charge is 2.53. The number of methoxy groups -OCH3 is 1. The minimum atomic E-state index is -6.00. The van der Waals surface area contributed by atoms with Gasteiger partial charge >= 0.3 is 7.25 Å². The molecule has 6 aromatic carbocycles. The molecule has 1 atom stereocenters. The summed E-state index contributed by atoms with van der Waals surface area (Å²) in [6.45, 7) is 0. The predicted molar refractivity (Wildman–Crippen MR) is 183 cm³/mol. The summed E-state index contributed by atoms with van der Waals surface area (Å²) in [5.74, 6) is 2.49. The molecule has 8 heteroatoms. The first-order chi connectivity index (χ1) is 22.3. The van der Waals surface area contributed by atoms with Gasteiger partial charge in [0.25, 0.3) is 0 Å². The van der Waals surface area contributed by atoms with E-state index in [2.05, 4.69) is 140 Å². The van der Waals surface area contributed by atoms with Crippen LogP contribution in [0.2, 0.25) is 0 Å². The molecule has 46 heavy (non-hydrogen) atoms.